The van der Waals surface area contributed by atoms with Gasteiger partial charge in [-0.2, -0.15) is 0 Å². The van der Waals surface area contributed by atoms with Crippen LogP contribution in [-0.4, -0.2) is 7.05 Å². The predicted molar refractivity (Wildman–Crippen MR) is 81.3 cm³/mol. The van der Waals surface area contributed by atoms with Gasteiger partial charge in [0.25, 0.3) is 0 Å². The molecule has 0 aromatic heterocycles. The highest BCUT2D eigenvalue weighted by atomic mass is 14.9. The highest BCUT2D eigenvalue weighted by Gasteiger charge is 2.67. The van der Waals surface area contributed by atoms with Gasteiger partial charge in [0.1, 0.15) is 0 Å². The van der Waals surface area contributed by atoms with E-state index in [-0.39, 0.29) is 0 Å². The molecule has 0 radical (unpaired) electrons. The van der Waals surface area contributed by atoms with Crippen LogP contribution in [0.3, 0.4) is 0 Å². The molecule has 19 heavy (non-hydrogen) atoms. The van der Waals surface area contributed by atoms with Crippen molar-refractivity contribution in [1.29, 1.82) is 0 Å². The maximum atomic E-state index is 3.58. The van der Waals surface area contributed by atoms with E-state index in [9.17, 15) is 0 Å². The van der Waals surface area contributed by atoms with Crippen LogP contribution in [-0.2, 0) is 12.8 Å². The van der Waals surface area contributed by atoms with Gasteiger partial charge < -0.3 is 5.32 Å². The van der Waals surface area contributed by atoms with Crippen molar-refractivity contribution in [2.24, 2.45) is 16.7 Å². The van der Waals surface area contributed by atoms with Gasteiger partial charge in [0.05, 0.1) is 0 Å². The topological polar surface area (TPSA) is 12.0 Å². The minimum Gasteiger partial charge on any atom is -0.313 e. The minimum absolute atomic E-state index is 0.430. The average molecular weight is 257 g/mol. The lowest BCUT2D eigenvalue weighted by atomic mass is 9.94. The number of hydrogen-bond donors (Lipinski definition) is 1. The van der Waals surface area contributed by atoms with Crippen molar-refractivity contribution in [2.45, 2.75) is 53.0 Å². The smallest absolute Gasteiger partial charge is 0.0356 e. The number of hydrogen-bond acceptors (Lipinski definition) is 1. The van der Waals surface area contributed by atoms with E-state index in [1.54, 1.807) is 11.1 Å². The average Bonchev–Trinajstić information content (AvgIpc) is 2.74. The summed E-state index contributed by atoms with van der Waals surface area (Å²) < 4.78 is 0. The van der Waals surface area contributed by atoms with E-state index in [2.05, 4.69) is 58.3 Å². The first-order valence-electron chi connectivity index (χ1n) is 7.68. The normalized spacial score (nSPS) is 25.1. The van der Waals surface area contributed by atoms with E-state index in [4.69, 9.17) is 0 Å². The van der Waals surface area contributed by atoms with Gasteiger partial charge in [0.15, 0.2) is 0 Å². The standard InChI is InChI=1S/C18H27N/c1-17(2)16(18(17,3)4)15(19-5)14-10-9-12-7-6-8-13(12)11-14/h9-11,15-16,19H,6-8H2,1-5H3. The molecule has 1 nitrogen and oxygen atoms in total. The summed E-state index contributed by atoms with van der Waals surface area (Å²) in [6, 6.07) is 7.68. The molecule has 1 atom stereocenters. The summed E-state index contributed by atoms with van der Waals surface area (Å²) in [5, 5.41) is 3.58. The zero-order chi connectivity index (χ0) is 13.8. The van der Waals surface area contributed by atoms with Gasteiger partial charge in [0, 0.05) is 6.04 Å². The summed E-state index contributed by atoms with van der Waals surface area (Å²) in [6.45, 7) is 9.65. The molecule has 0 amide bonds. The van der Waals surface area contributed by atoms with Crippen LogP contribution < -0.4 is 5.32 Å². The summed E-state index contributed by atoms with van der Waals surface area (Å²) in [4.78, 5) is 0. The van der Waals surface area contributed by atoms with E-state index in [1.807, 2.05) is 0 Å². The third-order valence-corrected chi connectivity index (χ3v) is 6.26. The quantitative estimate of drug-likeness (QED) is 0.859. The van der Waals surface area contributed by atoms with Crippen LogP contribution in [0.1, 0.15) is 56.8 Å². The number of fused-ring (bicyclic) bond motifs is 1. The molecule has 1 aromatic rings. The van der Waals surface area contributed by atoms with E-state index in [0.717, 1.165) is 5.92 Å². The van der Waals surface area contributed by atoms with Gasteiger partial charge >= 0.3 is 0 Å². The molecule has 0 saturated heterocycles. The van der Waals surface area contributed by atoms with Crippen LogP contribution in [0.25, 0.3) is 0 Å². The molecule has 3 rings (SSSR count). The number of benzene rings is 1. The Hall–Kier alpha value is -0.820. The Kier molecular flexibility index (Phi) is 2.83. The van der Waals surface area contributed by atoms with Crippen LogP contribution >= 0.6 is 0 Å². The van der Waals surface area contributed by atoms with E-state index < -0.39 is 0 Å². The van der Waals surface area contributed by atoms with Gasteiger partial charge in [0.2, 0.25) is 0 Å². The van der Waals surface area contributed by atoms with Crippen LogP contribution in [0.4, 0.5) is 0 Å². The summed E-state index contributed by atoms with van der Waals surface area (Å²) in [6.07, 6.45) is 3.89. The van der Waals surface area contributed by atoms with Crippen LogP contribution in [0.15, 0.2) is 18.2 Å². The second kappa shape index (κ2) is 4.09. The molecule has 1 heteroatoms. The third-order valence-electron chi connectivity index (χ3n) is 6.26. The van der Waals surface area contributed by atoms with Gasteiger partial charge in [-0.25, -0.2) is 0 Å². The highest BCUT2D eigenvalue weighted by Crippen LogP contribution is 2.72. The minimum atomic E-state index is 0.430. The lowest BCUT2D eigenvalue weighted by molar-refractivity contribution is 0.437. The van der Waals surface area contributed by atoms with Gasteiger partial charge in [-0.15, -0.1) is 0 Å². The lowest BCUT2D eigenvalue weighted by Crippen LogP contribution is -2.21. The molecule has 0 aliphatic heterocycles. The molecule has 1 unspecified atom stereocenters. The Bertz CT molecular complexity index is 484. The van der Waals surface area contributed by atoms with Crippen LogP contribution in [0.5, 0.6) is 0 Å². The molecular formula is C18H27N. The van der Waals surface area contributed by atoms with Gasteiger partial charge in [-0.3, -0.25) is 0 Å². The van der Waals surface area contributed by atoms with E-state index >= 15 is 0 Å². The Morgan fingerprint density at radius 2 is 1.68 bits per heavy atom. The molecule has 1 N–H and O–H groups in total. The van der Waals surface area contributed by atoms with Crippen molar-refractivity contribution in [1.82, 2.24) is 5.32 Å². The Morgan fingerprint density at radius 3 is 2.26 bits per heavy atom. The number of nitrogens with one attached hydrogen (secondary N) is 1. The zero-order valence-electron chi connectivity index (χ0n) is 13.0. The highest BCUT2D eigenvalue weighted by molar-refractivity contribution is 5.38. The SMILES string of the molecule is CNC(c1ccc2c(c1)CCC2)C1C(C)(C)C1(C)C. The molecule has 1 aromatic carbocycles. The first-order valence-corrected chi connectivity index (χ1v) is 7.68. The second-order valence-corrected chi connectivity index (χ2v) is 7.57. The molecule has 0 bridgehead atoms. The third kappa shape index (κ3) is 1.78. The van der Waals surface area contributed by atoms with E-state index in [0.29, 0.717) is 16.9 Å². The van der Waals surface area contributed by atoms with Crippen molar-refractivity contribution in [3.05, 3.63) is 34.9 Å². The van der Waals surface area contributed by atoms with Gasteiger partial charge in [-0.1, -0.05) is 45.9 Å². The van der Waals surface area contributed by atoms with Gasteiger partial charge in [-0.05, 0) is 59.7 Å². The number of rotatable bonds is 3. The molecule has 0 spiro atoms. The fraction of sp³-hybridized carbons (Fsp3) is 0.667. The maximum absolute atomic E-state index is 3.58. The summed E-state index contributed by atoms with van der Waals surface area (Å²) >= 11 is 0. The first kappa shape index (κ1) is 13.2. The van der Waals surface area contributed by atoms with Crippen LogP contribution in [0.2, 0.25) is 0 Å². The van der Waals surface area contributed by atoms with E-state index in [1.165, 1.54) is 24.8 Å². The molecule has 2 aliphatic rings. The zero-order valence-corrected chi connectivity index (χ0v) is 13.0. The molecule has 1 fully saturated rings. The first-order chi connectivity index (χ1) is 8.89. The van der Waals surface area contributed by atoms with Crippen molar-refractivity contribution < 1.29 is 0 Å². The van der Waals surface area contributed by atoms with Crippen molar-refractivity contribution in [3.63, 3.8) is 0 Å². The van der Waals surface area contributed by atoms with Crippen molar-refractivity contribution >= 4 is 0 Å². The predicted octanol–water partition coefficient (Wildman–Crippen LogP) is 4.12. The molecule has 0 heterocycles. The fourth-order valence-electron chi connectivity index (χ4n) is 4.39. The fourth-order valence-corrected chi connectivity index (χ4v) is 4.39. The second-order valence-electron chi connectivity index (χ2n) is 7.57. The molecular weight excluding hydrogens is 230 g/mol. The molecule has 2 aliphatic carbocycles. The largest absolute Gasteiger partial charge is 0.313 e. The number of aryl methyl sites for hydroxylation is 2. The summed E-state index contributed by atoms with van der Waals surface area (Å²) in [5.41, 5.74) is 5.52. The monoisotopic (exact) mass is 257 g/mol. The van der Waals surface area contributed by atoms with Crippen LogP contribution in [0, 0.1) is 16.7 Å². The lowest BCUT2D eigenvalue weighted by Gasteiger charge is -2.20. The van der Waals surface area contributed by atoms with Crippen molar-refractivity contribution in [3.8, 4) is 0 Å². The Balaban J connectivity index is 1.92. The van der Waals surface area contributed by atoms with Crippen molar-refractivity contribution in [2.75, 3.05) is 7.05 Å². The summed E-state index contributed by atoms with van der Waals surface area (Å²) in [5.74, 6) is 0.726. The Labute approximate surface area is 117 Å². The molecule has 1 saturated carbocycles. The summed E-state index contributed by atoms with van der Waals surface area (Å²) in [7, 11) is 2.11. The maximum Gasteiger partial charge on any atom is 0.0356 e. The Morgan fingerprint density at radius 1 is 1.05 bits per heavy atom. The molecule has 104 valence electrons.